The Balaban J connectivity index is 1.40. The molecule has 0 bridgehead atoms. The molecule has 2 heterocycles. The summed E-state index contributed by atoms with van der Waals surface area (Å²) in [6.07, 6.45) is -3.03. The van der Waals surface area contributed by atoms with Crippen molar-refractivity contribution in [1.82, 2.24) is 9.80 Å². The monoisotopic (exact) mass is 403 g/mol. The van der Waals surface area contributed by atoms with Crippen LogP contribution in [-0.4, -0.2) is 60.4 Å². The number of benzene rings is 1. The number of ether oxygens (including phenoxy) is 1. The van der Waals surface area contributed by atoms with Gasteiger partial charge in [-0.25, -0.2) is 9.18 Å². The van der Waals surface area contributed by atoms with Gasteiger partial charge in [-0.05, 0) is 18.6 Å². The summed E-state index contributed by atoms with van der Waals surface area (Å²) in [5, 5.41) is 0. The highest BCUT2D eigenvalue weighted by Crippen LogP contribution is 2.33. The first kappa shape index (κ1) is 20.4. The quantitative estimate of drug-likeness (QED) is 0.584. The number of nitrogens with zero attached hydrogens (tertiary/aromatic N) is 2. The highest BCUT2D eigenvalue weighted by Gasteiger charge is 2.45. The first-order valence-corrected chi connectivity index (χ1v) is 8.87. The van der Waals surface area contributed by atoms with Crippen molar-refractivity contribution in [3.63, 3.8) is 0 Å². The summed E-state index contributed by atoms with van der Waals surface area (Å²) in [5.74, 6) is -1.34. The van der Waals surface area contributed by atoms with E-state index in [0.717, 1.165) is 12.4 Å². The van der Waals surface area contributed by atoms with E-state index in [9.17, 15) is 27.2 Å². The van der Waals surface area contributed by atoms with Gasteiger partial charge in [0.1, 0.15) is 17.9 Å². The van der Waals surface area contributed by atoms with E-state index in [-0.39, 0.29) is 24.3 Å². The van der Waals surface area contributed by atoms with Gasteiger partial charge in [-0.15, -0.1) is 0 Å². The zero-order chi connectivity index (χ0) is 20.5. The lowest BCUT2D eigenvalue weighted by atomic mass is 9.86. The fourth-order valence-electron chi connectivity index (χ4n) is 3.41. The Morgan fingerprint density at radius 2 is 1.96 bits per heavy atom. The summed E-state index contributed by atoms with van der Waals surface area (Å²) < 4.78 is 56.5. The molecule has 0 radical (unpaired) electrons. The minimum Gasteiger partial charge on any atom is -0.493 e. The summed E-state index contributed by atoms with van der Waals surface area (Å²) in [7, 11) is 0. The van der Waals surface area contributed by atoms with E-state index in [1.807, 2.05) is 0 Å². The topological polar surface area (TPSA) is 75.9 Å². The fourth-order valence-corrected chi connectivity index (χ4v) is 3.41. The smallest absolute Gasteiger partial charge is 0.419 e. The van der Waals surface area contributed by atoms with E-state index in [0.29, 0.717) is 51.2 Å². The molecule has 6 nitrogen and oxygen atoms in total. The number of carbonyl (C=O) groups is 2. The van der Waals surface area contributed by atoms with Gasteiger partial charge in [-0.2, -0.15) is 13.2 Å². The maximum absolute atomic E-state index is 13.5. The van der Waals surface area contributed by atoms with Crippen LogP contribution in [0, 0.1) is 11.7 Å². The zero-order valence-electron chi connectivity index (χ0n) is 15.0. The summed E-state index contributed by atoms with van der Waals surface area (Å²) in [6, 6.07) is 2.30. The highest BCUT2D eigenvalue weighted by atomic mass is 19.4. The number of urea groups is 1. The Kier molecular flexibility index (Phi) is 5.51. The van der Waals surface area contributed by atoms with Crippen LogP contribution in [0.25, 0.3) is 0 Å². The molecule has 10 heteroatoms. The number of aldehydes is 1. The Hall–Kier alpha value is -2.36. The lowest BCUT2D eigenvalue weighted by molar-refractivity contribution is -0.140. The molecule has 154 valence electrons. The number of amides is 2. The molecular weight excluding hydrogens is 382 g/mol. The van der Waals surface area contributed by atoms with Crippen LogP contribution in [0.3, 0.4) is 0 Å². The molecule has 0 aliphatic carbocycles. The minimum absolute atomic E-state index is 0.0149. The van der Waals surface area contributed by atoms with Gasteiger partial charge in [0.05, 0.1) is 17.7 Å². The normalized spacial score (nSPS) is 19.0. The molecule has 2 aliphatic heterocycles. The molecule has 2 N–H and O–H groups in total. The van der Waals surface area contributed by atoms with Crippen molar-refractivity contribution in [1.29, 1.82) is 0 Å². The van der Waals surface area contributed by atoms with E-state index in [1.165, 1.54) is 0 Å². The van der Waals surface area contributed by atoms with Crippen LogP contribution in [0.4, 0.5) is 22.4 Å². The van der Waals surface area contributed by atoms with E-state index >= 15 is 0 Å². The third-order valence-corrected chi connectivity index (χ3v) is 5.00. The summed E-state index contributed by atoms with van der Waals surface area (Å²) in [6.45, 7) is 1.88. The third kappa shape index (κ3) is 4.37. The SMILES string of the molecule is NC1(CCC=O)CN(C(=O)N2CC(COc3ccc(C(F)(F)F)c(F)c3)C2)C1. The van der Waals surface area contributed by atoms with E-state index in [4.69, 9.17) is 10.5 Å². The number of alkyl halides is 3. The molecule has 0 unspecified atom stereocenters. The number of hydrogen-bond acceptors (Lipinski definition) is 4. The number of nitrogens with two attached hydrogens (primary N) is 1. The Bertz CT molecular complexity index is 744. The van der Waals surface area contributed by atoms with Gasteiger partial charge in [0.15, 0.2) is 0 Å². The summed E-state index contributed by atoms with van der Waals surface area (Å²) in [5.41, 5.74) is 4.24. The number of likely N-dealkylation sites (tertiary alicyclic amines) is 2. The van der Waals surface area contributed by atoms with Crippen molar-refractivity contribution < 1.29 is 31.9 Å². The summed E-state index contributed by atoms with van der Waals surface area (Å²) >= 11 is 0. The van der Waals surface area contributed by atoms with Crippen molar-refractivity contribution in [3.05, 3.63) is 29.6 Å². The second-order valence-electron chi connectivity index (χ2n) is 7.43. The van der Waals surface area contributed by atoms with Crippen molar-refractivity contribution in [2.45, 2.75) is 24.6 Å². The second kappa shape index (κ2) is 7.57. The molecule has 1 aromatic carbocycles. The Labute approximate surface area is 159 Å². The molecule has 1 aromatic rings. The molecule has 2 aliphatic rings. The molecule has 0 saturated carbocycles. The van der Waals surface area contributed by atoms with Gasteiger partial charge in [0.25, 0.3) is 0 Å². The van der Waals surface area contributed by atoms with Gasteiger partial charge in [0.2, 0.25) is 0 Å². The number of hydrogen-bond donors (Lipinski definition) is 1. The molecule has 0 aromatic heterocycles. The molecular formula is C18H21F4N3O3. The molecule has 28 heavy (non-hydrogen) atoms. The molecule has 2 saturated heterocycles. The van der Waals surface area contributed by atoms with Gasteiger partial charge in [-0.1, -0.05) is 0 Å². The molecule has 0 atom stereocenters. The van der Waals surface area contributed by atoms with Crippen LogP contribution in [-0.2, 0) is 11.0 Å². The van der Waals surface area contributed by atoms with Crippen LogP contribution < -0.4 is 10.5 Å². The molecule has 2 amide bonds. The zero-order valence-corrected chi connectivity index (χ0v) is 15.0. The van der Waals surface area contributed by atoms with Crippen molar-refractivity contribution in [3.8, 4) is 5.75 Å². The summed E-state index contributed by atoms with van der Waals surface area (Å²) in [4.78, 5) is 26.0. The average molecular weight is 403 g/mol. The predicted octanol–water partition coefficient (Wildman–Crippen LogP) is 2.27. The molecule has 3 rings (SSSR count). The van der Waals surface area contributed by atoms with Gasteiger partial charge in [0, 0.05) is 44.6 Å². The van der Waals surface area contributed by atoms with Crippen LogP contribution in [0.2, 0.25) is 0 Å². The predicted molar refractivity (Wildman–Crippen MR) is 91.1 cm³/mol. The first-order chi connectivity index (χ1) is 13.1. The van der Waals surface area contributed by atoms with E-state index < -0.39 is 23.1 Å². The largest absolute Gasteiger partial charge is 0.493 e. The van der Waals surface area contributed by atoms with Crippen LogP contribution in [0.1, 0.15) is 18.4 Å². The Morgan fingerprint density at radius 1 is 1.29 bits per heavy atom. The maximum atomic E-state index is 13.5. The molecule has 2 fully saturated rings. The Morgan fingerprint density at radius 3 is 2.54 bits per heavy atom. The standard InChI is InChI=1S/C18H21F4N3O3/c19-15-6-13(2-3-14(15)18(20,21)22)28-9-12-7-24(8-12)16(27)25-10-17(23,11-25)4-1-5-26/h2-3,5-6,12H,1,4,7-11,23H2. The minimum atomic E-state index is -4.75. The first-order valence-electron chi connectivity index (χ1n) is 8.87. The van der Waals surface area contributed by atoms with Crippen LogP contribution >= 0.6 is 0 Å². The van der Waals surface area contributed by atoms with Crippen LogP contribution in [0.15, 0.2) is 18.2 Å². The average Bonchev–Trinajstić information content (AvgIpc) is 2.54. The van der Waals surface area contributed by atoms with Gasteiger partial charge < -0.3 is 25.1 Å². The number of halogens is 4. The molecule has 0 spiro atoms. The number of carbonyl (C=O) groups excluding carboxylic acids is 2. The van der Waals surface area contributed by atoms with Crippen molar-refractivity contribution in [2.24, 2.45) is 11.7 Å². The maximum Gasteiger partial charge on any atom is 0.419 e. The second-order valence-corrected chi connectivity index (χ2v) is 7.43. The lowest BCUT2D eigenvalue weighted by Gasteiger charge is -2.51. The van der Waals surface area contributed by atoms with Gasteiger partial charge >= 0.3 is 12.2 Å². The van der Waals surface area contributed by atoms with Gasteiger partial charge in [-0.3, -0.25) is 0 Å². The third-order valence-electron chi connectivity index (χ3n) is 5.00. The lowest BCUT2D eigenvalue weighted by Crippen LogP contribution is -2.71. The van der Waals surface area contributed by atoms with E-state index in [2.05, 4.69) is 0 Å². The highest BCUT2D eigenvalue weighted by molar-refractivity contribution is 5.76. The fraction of sp³-hybridized carbons (Fsp3) is 0.556. The van der Waals surface area contributed by atoms with Crippen LogP contribution in [0.5, 0.6) is 5.75 Å². The van der Waals surface area contributed by atoms with E-state index in [1.54, 1.807) is 9.80 Å². The van der Waals surface area contributed by atoms with Crippen molar-refractivity contribution >= 4 is 12.3 Å². The van der Waals surface area contributed by atoms with Crippen molar-refractivity contribution in [2.75, 3.05) is 32.8 Å². The number of rotatable bonds is 6.